The molecule has 0 aromatic carbocycles. The molecular weight excluding hydrogens is 368 g/mol. The second-order valence-electron chi connectivity index (χ2n) is 7.25. The maximum atomic E-state index is 12.7. The Hall–Kier alpha value is -3.17. The first-order chi connectivity index (χ1) is 13.5. The normalized spacial score (nSPS) is 20.5. The molecule has 1 fully saturated rings. The summed E-state index contributed by atoms with van der Waals surface area (Å²) in [5, 5.41) is 14.7. The zero-order valence-electron chi connectivity index (χ0n) is 15.4. The van der Waals surface area contributed by atoms with E-state index in [1.807, 2.05) is 4.90 Å². The van der Waals surface area contributed by atoms with Crippen LogP contribution in [0.1, 0.15) is 30.2 Å². The Bertz CT molecular complexity index is 981. The van der Waals surface area contributed by atoms with E-state index in [1.54, 1.807) is 12.1 Å². The summed E-state index contributed by atoms with van der Waals surface area (Å²) in [6, 6.07) is 4.58. The highest BCUT2D eigenvalue weighted by Crippen LogP contribution is 2.35. The van der Waals surface area contributed by atoms with Gasteiger partial charge in [-0.05, 0) is 23.6 Å². The van der Waals surface area contributed by atoms with Crippen molar-refractivity contribution in [3.05, 3.63) is 50.1 Å². The van der Waals surface area contributed by atoms with Gasteiger partial charge in [-0.25, -0.2) is 0 Å². The molecule has 0 saturated carbocycles. The number of hydrogen-bond acceptors (Lipinski definition) is 7. The van der Waals surface area contributed by atoms with Gasteiger partial charge in [-0.2, -0.15) is 0 Å². The maximum Gasteiger partial charge on any atom is 0.334 e. The minimum atomic E-state index is -0.645. The van der Waals surface area contributed by atoms with Crippen molar-refractivity contribution in [3.63, 3.8) is 0 Å². The number of ether oxygens (including phenoxy) is 1. The van der Waals surface area contributed by atoms with Gasteiger partial charge in [-0.3, -0.25) is 19.7 Å². The third-order valence-corrected chi connectivity index (χ3v) is 5.47. The predicted octanol–water partition coefficient (Wildman–Crippen LogP) is 1.33. The predicted molar refractivity (Wildman–Crippen MR) is 96.2 cm³/mol. The average Bonchev–Trinajstić information content (AvgIpc) is 3.14. The summed E-state index contributed by atoms with van der Waals surface area (Å²) in [6.45, 7) is 1.45. The molecule has 2 bridgehead atoms. The summed E-state index contributed by atoms with van der Waals surface area (Å²) in [5.41, 5.74) is -0.195. The number of methoxy groups -OCH3 is 1. The molecule has 2 aromatic heterocycles. The molecule has 0 N–H and O–H groups in total. The molecule has 2 atom stereocenters. The summed E-state index contributed by atoms with van der Waals surface area (Å²) in [7, 11) is 1.50. The number of piperidine rings is 1. The molecule has 0 radical (unpaired) electrons. The number of likely N-dealkylation sites (tertiary alicyclic amines) is 1. The number of aryl methyl sites for hydroxylation is 1. The lowest BCUT2D eigenvalue weighted by molar-refractivity contribution is -0.386. The second-order valence-corrected chi connectivity index (χ2v) is 7.25. The molecule has 2 aliphatic heterocycles. The number of aromatic nitrogens is 2. The lowest BCUT2D eigenvalue weighted by Crippen LogP contribution is -2.49. The molecule has 1 amide bonds. The molecule has 2 aliphatic rings. The number of carbonyl (C=O) groups is 1. The minimum Gasteiger partial charge on any atom is -0.479 e. The molecule has 1 saturated heterocycles. The van der Waals surface area contributed by atoms with Gasteiger partial charge >= 0.3 is 11.2 Å². The molecule has 10 nitrogen and oxygen atoms in total. The monoisotopic (exact) mass is 388 g/mol. The van der Waals surface area contributed by atoms with E-state index in [2.05, 4.69) is 5.16 Å². The van der Waals surface area contributed by atoms with E-state index in [1.165, 1.54) is 17.7 Å². The Morgan fingerprint density at radius 2 is 2.21 bits per heavy atom. The van der Waals surface area contributed by atoms with Crippen LogP contribution in [0.15, 0.2) is 27.5 Å². The number of pyridine rings is 1. The number of fused-ring (bicyclic) bond motifs is 4. The quantitative estimate of drug-likeness (QED) is 0.559. The van der Waals surface area contributed by atoms with Crippen LogP contribution in [0.5, 0.6) is 5.88 Å². The Balaban J connectivity index is 1.46. The SMILES string of the molecule is COc1cc(CCC(=O)N2CC3CC(C2)c2ccc([N+](=O)[O-])c(=O)n2C3)on1. The number of carbonyl (C=O) groups excluding carboxylic acids is 1. The minimum absolute atomic E-state index is 0.00956. The molecule has 2 unspecified atom stereocenters. The summed E-state index contributed by atoms with van der Waals surface area (Å²) in [4.78, 5) is 37.3. The van der Waals surface area contributed by atoms with Gasteiger partial charge in [0.05, 0.1) is 12.0 Å². The van der Waals surface area contributed by atoms with Crippen LogP contribution in [0.3, 0.4) is 0 Å². The highest BCUT2D eigenvalue weighted by Gasteiger charge is 2.37. The van der Waals surface area contributed by atoms with Gasteiger partial charge in [-0.15, -0.1) is 0 Å². The summed E-state index contributed by atoms with van der Waals surface area (Å²) in [6.07, 6.45) is 1.61. The number of hydrogen-bond donors (Lipinski definition) is 0. The topological polar surface area (TPSA) is 121 Å². The van der Waals surface area contributed by atoms with Crippen LogP contribution >= 0.6 is 0 Å². The van der Waals surface area contributed by atoms with Crippen LogP contribution < -0.4 is 10.3 Å². The van der Waals surface area contributed by atoms with Crippen molar-refractivity contribution in [2.75, 3.05) is 20.2 Å². The standard InChI is InChI=1S/C18H20N4O6/c1-27-16-7-13(28-19-16)2-5-17(23)20-8-11-6-12(10-20)14-3-4-15(22(25)26)18(24)21(14)9-11/h3-4,7,11-12H,2,5-6,8-10H2,1H3. The second kappa shape index (κ2) is 7.10. The molecule has 0 spiro atoms. The van der Waals surface area contributed by atoms with Crippen molar-refractivity contribution in [2.45, 2.75) is 31.7 Å². The van der Waals surface area contributed by atoms with Crippen molar-refractivity contribution in [1.29, 1.82) is 0 Å². The molecule has 10 heteroatoms. The summed E-state index contributed by atoms with van der Waals surface area (Å²) >= 11 is 0. The lowest BCUT2D eigenvalue weighted by Gasteiger charge is -2.42. The summed E-state index contributed by atoms with van der Waals surface area (Å²) < 4.78 is 11.6. The zero-order valence-corrected chi connectivity index (χ0v) is 15.4. The van der Waals surface area contributed by atoms with E-state index in [4.69, 9.17) is 9.26 Å². The molecule has 148 valence electrons. The summed E-state index contributed by atoms with van der Waals surface area (Å²) in [5.74, 6) is 1.11. The van der Waals surface area contributed by atoms with Gasteiger partial charge in [0.1, 0.15) is 5.76 Å². The first-order valence-electron chi connectivity index (χ1n) is 9.11. The molecule has 0 aliphatic carbocycles. The molecule has 28 heavy (non-hydrogen) atoms. The highest BCUT2D eigenvalue weighted by atomic mass is 16.6. The highest BCUT2D eigenvalue weighted by molar-refractivity contribution is 5.76. The van der Waals surface area contributed by atoms with Crippen molar-refractivity contribution in [3.8, 4) is 5.88 Å². The lowest BCUT2D eigenvalue weighted by atomic mass is 9.83. The van der Waals surface area contributed by atoms with Crippen molar-refractivity contribution < 1.29 is 19.0 Å². The van der Waals surface area contributed by atoms with Gasteiger partial charge in [0.2, 0.25) is 5.91 Å². The molecule has 4 rings (SSSR count). The fourth-order valence-electron chi connectivity index (χ4n) is 4.17. The smallest absolute Gasteiger partial charge is 0.334 e. The van der Waals surface area contributed by atoms with Crippen LogP contribution in [0.4, 0.5) is 5.69 Å². The average molecular weight is 388 g/mol. The van der Waals surface area contributed by atoms with Crippen LogP contribution in [0.2, 0.25) is 0 Å². The Morgan fingerprint density at radius 1 is 1.39 bits per heavy atom. The zero-order chi connectivity index (χ0) is 19.8. The van der Waals surface area contributed by atoms with E-state index in [0.29, 0.717) is 44.1 Å². The number of rotatable bonds is 5. The Morgan fingerprint density at radius 3 is 2.93 bits per heavy atom. The van der Waals surface area contributed by atoms with E-state index in [-0.39, 0.29) is 17.7 Å². The van der Waals surface area contributed by atoms with Crippen molar-refractivity contribution >= 4 is 11.6 Å². The van der Waals surface area contributed by atoms with Gasteiger partial charge in [-0.1, -0.05) is 0 Å². The van der Waals surface area contributed by atoms with E-state index < -0.39 is 16.2 Å². The van der Waals surface area contributed by atoms with Gasteiger partial charge in [0, 0.05) is 56.2 Å². The van der Waals surface area contributed by atoms with Crippen LogP contribution in [0.25, 0.3) is 0 Å². The first-order valence-corrected chi connectivity index (χ1v) is 9.11. The number of nitrogens with zero attached hydrogens (tertiary/aromatic N) is 4. The third-order valence-electron chi connectivity index (χ3n) is 5.47. The van der Waals surface area contributed by atoms with Crippen LogP contribution in [0, 0.1) is 16.0 Å². The number of amides is 1. The Kier molecular flexibility index (Phi) is 4.62. The molecular formula is C18H20N4O6. The Labute approximate surface area is 159 Å². The number of nitro groups is 1. The maximum absolute atomic E-state index is 12.7. The van der Waals surface area contributed by atoms with E-state index >= 15 is 0 Å². The van der Waals surface area contributed by atoms with Crippen molar-refractivity contribution in [1.82, 2.24) is 14.6 Å². The fraction of sp³-hybridized carbons (Fsp3) is 0.500. The fourth-order valence-corrected chi connectivity index (χ4v) is 4.17. The van der Waals surface area contributed by atoms with Gasteiger partial charge in [0.15, 0.2) is 0 Å². The molecule has 2 aromatic rings. The van der Waals surface area contributed by atoms with E-state index in [0.717, 1.165) is 12.1 Å². The largest absolute Gasteiger partial charge is 0.479 e. The first kappa shape index (κ1) is 18.2. The van der Waals surface area contributed by atoms with Crippen LogP contribution in [-0.4, -0.2) is 45.7 Å². The van der Waals surface area contributed by atoms with E-state index in [9.17, 15) is 19.7 Å². The third kappa shape index (κ3) is 3.25. The van der Waals surface area contributed by atoms with Gasteiger partial charge in [0.25, 0.3) is 5.88 Å². The molecule has 4 heterocycles. The van der Waals surface area contributed by atoms with Crippen LogP contribution in [-0.2, 0) is 17.8 Å². The van der Waals surface area contributed by atoms with Crippen molar-refractivity contribution in [2.24, 2.45) is 5.92 Å². The van der Waals surface area contributed by atoms with Gasteiger partial charge < -0.3 is 18.7 Å².